The molecule has 0 unspecified atom stereocenters. The van der Waals surface area contributed by atoms with Crippen LogP contribution in [0, 0.1) is 5.82 Å². The van der Waals surface area contributed by atoms with E-state index < -0.39 is 29.1 Å². The molecule has 0 N–H and O–H groups in total. The predicted molar refractivity (Wildman–Crippen MR) is 110 cm³/mol. The standard InChI is InChI=1S/C24H25F4NO3/c1-2-32-23(14-31-15-23)18-8-6-17(7-9-18)22(30)29-12-10-16(11-13-29)19-4-3-5-20(25)21(19)24(26,27)28/h3-9,16H,2,10-15H2,1H3. The molecule has 0 aliphatic carbocycles. The molecular formula is C24H25F4NO3. The van der Waals surface area contributed by atoms with Gasteiger partial charge >= 0.3 is 6.18 Å². The van der Waals surface area contributed by atoms with E-state index in [1.165, 1.54) is 12.1 Å². The lowest BCUT2D eigenvalue weighted by Crippen LogP contribution is -2.49. The van der Waals surface area contributed by atoms with Crippen LogP contribution in [0.2, 0.25) is 0 Å². The second-order valence-corrected chi connectivity index (χ2v) is 8.27. The molecule has 172 valence electrons. The quantitative estimate of drug-likeness (QED) is 0.592. The van der Waals surface area contributed by atoms with Crippen molar-refractivity contribution < 1.29 is 31.8 Å². The highest BCUT2D eigenvalue weighted by molar-refractivity contribution is 5.94. The number of nitrogens with zero attached hydrogens (tertiary/aromatic N) is 1. The number of piperidine rings is 1. The molecule has 2 aromatic carbocycles. The normalized spacial score (nSPS) is 19.0. The fourth-order valence-corrected chi connectivity index (χ4v) is 4.57. The first-order valence-corrected chi connectivity index (χ1v) is 10.7. The first-order chi connectivity index (χ1) is 15.2. The lowest BCUT2D eigenvalue weighted by Gasteiger charge is -2.41. The summed E-state index contributed by atoms with van der Waals surface area (Å²) < 4.78 is 65.2. The van der Waals surface area contributed by atoms with Crippen molar-refractivity contribution >= 4 is 5.91 Å². The van der Waals surface area contributed by atoms with Gasteiger partial charge in [-0.2, -0.15) is 13.2 Å². The Bertz CT molecular complexity index is 962. The van der Waals surface area contributed by atoms with Crippen molar-refractivity contribution in [3.05, 3.63) is 70.5 Å². The molecule has 0 atom stereocenters. The fourth-order valence-electron chi connectivity index (χ4n) is 4.57. The molecule has 0 spiro atoms. The Kier molecular flexibility index (Phi) is 6.27. The van der Waals surface area contributed by atoms with E-state index in [-0.39, 0.29) is 11.5 Å². The minimum Gasteiger partial charge on any atom is -0.375 e. The van der Waals surface area contributed by atoms with Crippen LogP contribution in [0.1, 0.15) is 52.7 Å². The van der Waals surface area contributed by atoms with Gasteiger partial charge in [-0.3, -0.25) is 4.79 Å². The van der Waals surface area contributed by atoms with Gasteiger partial charge in [-0.1, -0.05) is 24.3 Å². The number of benzene rings is 2. The first kappa shape index (κ1) is 22.7. The van der Waals surface area contributed by atoms with Gasteiger partial charge in [0.25, 0.3) is 5.91 Å². The van der Waals surface area contributed by atoms with Crippen LogP contribution in [0.4, 0.5) is 17.6 Å². The number of amides is 1. The largest absolute Gasteiger partial charge is 0.419 e. The van der Waals surface area contributed by atoms with Crippen LogP contribution in [0.25, 0.3) is 0 Å². The SMILES string of the molecule is CCOC1(c2ccc(C(=O)N3CCC(c4cccc(F)c4C(F)(F)F)CC3)cc2)COC1. The number of alkyl halides is 3. The van der Waals surface area contributed by atoms with Gasteiger partial charge < -0.3 is 14.4 Å². The monoisotopic (exact) mass is 451 g/mol. The summed E-state index contributed by atoms with van der Waals surface area (Å²) in [6.45, 7) is 4.05. The summed E-state index contributed by atoms with van der Waals surface area (Å²) in [4.78, 5) is 14.6. The molecule has 32 heavy (non-hydrogen) atoms. The van der Waals surface area contributed by atoms with E-state index in [1.807, 2.05) is 19.1 Å². The number of likely N-dealkylation sites (tertiary alicyclic amines) is 1. The summed E-state index contributed by atoms with van der Waals surface area (Å²) in [6, 6.07) is 10.7. The molecule has 4 nitrogen and oxygen atoms in total. The van der Waals surface area contributed by atoms with Gasteiger partial charge in [0.2, 0.25) is 0 Å². The Balaban J connectivity index is 1.43. The van der Waals surface area contributed by atoms with E-state index in [9.17, 15) is 22.4 Å². The second-order valence-electron chi connectivity index (χ2n) is 8.27. The lowest BCUT2D eigenvalue weighted by atomic mass is 9.85. The molecule has 0 radical (unpaired) electrons. The van der Waals surface area contributed by atoms with Crippen molar-refractivity contribution in [3.63, 3.8) is 0 Å². The summed E-state index contributed by atoms with van der Waals surface area (Å²) in [6.07, 6.45) is -4.05. The Morgan fingerprint density at radius 3 is 2.31 bits per heavy atom. The molecule has 2 aliphatic heterocycles. The van der Waals surface area contributed by atoms with Crippen LogP contribution in [-0.4, -0.2) is 43.7 Å². The molecule has 2 heterocycles. The Labute approximate surface area is 184 Å². The van der Waals surface area contributed by atoms with Crippen LogP contribution in [-0.2, 0) is 21.3 Å². The zero-order valence-corrected chi connectivity index (χ0v) is 17.8. The number of carbonyl (C=O) groups is 1. The van der Waals surface area contributed by atoms with Gasteiger partial charge in [0.05, 0.1) is 18.8 Å². The van der Waals surface area contributed by atoms with Crippen molar-refractivity contribution in [2.24, 2.45) is 0 Å². The van der Waals surface area contributed by atoms with Crippen molar-refractivity contribution in [1.82, 2.24) is 4.90 Å². The van der Waals surface area contributed by atoms with E-state index >= 15 is 0 Å². The molecule has 2 aromatic rings. The molecule has 8 heteroatoms. The van der Waals surface area contributed by atoms with Gasteiger partial charge in [-0.15, -0.1) is 0 Å². The third-order valence-corrected chi connectivity index (χ3v) is 6.30. The van der Waals surface area contributed by atoms with Gasteiger partial charge in [-0.05, 0) is 55.0 Å². The maximum Gasteiger partial charge on any atom is 0.419 e. The van der Waals surface area contributed by atoms with Gasteiger partial charge in [-0.25, -0.2) is 4.39 Å². The zero-order chi connectivity index (χ0) is 22.9. The molecule has 2 fully saturated rings. The number of hydrogen-bond acceptors (Lipinski definition) is 3. The highest BCUT2D eigenvalue weighted by atomic mass is 19.4. The Morgan fingerprint density at radius 1 is 1.12 bits per heavy atom. The van der Waals surface area contributed by atoms with E-state index in [4.69, 9.17) is 9.47 Å². The smallest absolute Gasteiger partial charge is 0.375 e. The predicted octanol–water partition coefficient (Wildman–Crippen LogP) is 5.13. The van der Waals surface area contributed by atoms with Crippen LogP contribution in [0.15, 0.2) is 42.5 Å². The number of rotatable bonds is 5. The molecule has 0 bridgehead atoms. The van der Waals surface area contributed by atoms with E-state index in [1.54, 1.807) is 17.0 Å². The third kappa shape index (κ3) is 4.26. The first-order valence-electron chi connectivity index (χ1n) is 10.7. The van der Waals surface area contributed by atoms with Crippen LogP contribution < -0.4 is 0 Å². The second kappa shape index (κ2) is 8.83. The average Bonchev–Trinajstić information content (AvgIpc) is 2.75. The lowest BCUT2D eigenvalue weighted by molar-refractivity contribution is -0.214. The topological polar surface area (TPSA) is 38.8 Å². The number of ether oxygens (including phenoxy) is 2. The highest BCUT2D eigenvalue weighted by Gasteiger charge is 2.42. The third-order valence-electron chi connectivity index (χ3n) is 6.30. The average molecular weight is 451 g/mol. The van der Waals surface area contributed by atoms with Crippen molar-refractivity contribution in [2.45, 2.75) is 37.5 Å². The molecule has 2 saturated heterocycles. The maximum absolute atomic E-state index is 13.9. The summed E-state index contributed by atoms with van der Waals surface area (Å²) in [5.74, 6) is -1.87. The summed E-state index contributed by atoms with van der Waals surface area (Å²) in [5, 5.41) is 0. The van der Waals surface area contributed by atoms with Crippen molar-refractivity contribution in [3.8, 4) is 0 Å². The van der Waals surface area contributed by atoms with E-state index in [0.29, 0.717) is 51.3 Å². The van der Waals surface area contributed by atoms with Crippen LogP contribution in [0.3, 0.4) is 0 Å². The van der Waals surface area contributed by atoms with Gasteiger partial charge in [0, 0.05) is 25.3 Å². The molecule has 1 amide bonds. The molecule has 4 rings (SSSR count). The van der Waals surface area contributed by atoms with E-state index in [0.717, 1.165) is 11.6 Å². The fraction of sp³-hybridized carbons (Fsp3) is 0.458. The molecule has 0 aromatic heterocycles. The molecule has 2 aliphatic rings. The Morgan fingerprint density at radius 2 is 1.78 bits per heavy atom. The minimum atomic E-state index is -4.75. The van der Waals surface area contributed by atoms with E-state index in [2.05, 4.69) is 0 Å². The molecule has 0 saturated carbocycles. The minimum absolute atomic E-state index is 0.0297. The van der Waals surface area contributed by atoms with Crippen LogP contribution in [0.5, 0.6) is 0 Å². The summed E-state index contributed by atoms with van der Waals surface area (Å²) >= 11 is 0. The van der Waals surface area contributed by atoms with Gasteiger partial charge in [0.1, 0.15) is 11.4 Å². The number of halogens is 4. The number of carbonyl (C=O) groups excluding carboxylic acids is 1. The summed E-state index contributed by atoms with van der Waals surface area (Å²) in [7, 11) is 0. The van der Waals surface area contributed by atoms with Crippen molar-refractivity contribution in [1.29, 1.82) is 0 Å². The zero-order valence-electron chi connectivity index (χ0n) is 17.8. The summed E-state index contributed by atoms with van der Waals surface area (Å²) in [5.41, 5.74) is -0.218. The number of hydrogen-bond donors (Lipinski definition) is 0. The van der Waals surface area contributed by atoms with Crippen molar-refractivity contribution in [2.75, 3.05) is 32.9 Å². The molecular weight excluding hydrogens is 426 g/mol. The highest BCUT2D eigenvalue weighted by Crippen LogP contribution is 2.40. The van der Waals surface area contributed by atoms with Gasteiger partial charge in [0.15, 0.2) is 0 Å². The van der Waals surface area contributed by atoms with Crippen LogP contribution >= 0.6 is 0 Å². The maximum atomic E-state index is 13.9. The Hall–Kier alpha value is -2.45.